The summed E-state index contributed by atoms with van der Waals surface area (Å²) in [6.07, 6.45) is 7.52. The number of unbranched alkanes of at least 4 members (excludes halogenated alkanes) is 1. The second-order valence-electron chi connectivity index (χ2n) is 6.52. The molecular formula is C18H35NO5. The number of hydrogen-bond acceptors (Lipinski definition) is 5. The van der Waals surface area contributed by atoms with E-state index in [-0.39, 0.29) is 24.8 Å². The maximum absolute atomic E-state index is 12.4. The molecule has 1 amide bonds. The number of hydrogen-bond donors (Lipinski definition) is 1. The lowest BCUT2D eigenvalue weighted by atomic mass is 9.80. The molecule has 0 bridgehead atoms. The van der Waals surface area contributed by atoms with Gasteiger partial charge in [-0.1, -0.05) is 13.3 Å². The Labute approximate surface area is 146 Å². The first-order chi connectivity index (χ1) is 11.7. The fourth-order valence-electron chi connectivity index (χ4n) is 3.79. The largest absolute Gasteiger partial charge is 0.453 e. The topological polar surface area (TPSA) is 68.2 Å². The van der Waals surface area contributed by atoms with Crippen LogP contribution in [0.25, 0.3) is 0 Å². The Morgan fingerprint density at radius 2 is 1.96 bits per heavy atom. The van der Waals surface area contributed by atoms with Crippen molar-refractivity contribution in [3.8, 4) is 0 Å². The van der Waals surface area contributed by atoms with Gasteiger partial charge in [0.2, 0.25) is 0 Å². The first-order valence-corrected chi connectivity index (χ1v) is 9.23. The minimum absolute atomic E-state index is 0.171. The summed E-state index contributed by atoms with van der Waals surface area (Å²) in [6.45, 7) is 3.38. The van der Waals surface area contributed by atoms with Crippen LogP contribution in [0, 0.1) is 5.92 Å². The number of likely N-dealkylation sites (tertiary alicyclic amines) is 1. The van der Waals surface area contributed by atoms with Crippen LogP contribution in [0.5, 0.6) is 0 Å². The molecule has 1 fully saturated rings. The number of carbonyl (C=O) groups is 1. The number of aliphatic hydroxyl groups is 1. The van der Waals surface area contributed by atoms with E-state index in [1.54, 1.807) is 7.11 Å². The molecule has 0 aliphatic carbocycles. The van der Waals surface area contributed by atoms with Crippen molar-refractivity contribution >= 4 is 6.09 Å². The quantitative estimate of drug-likeness (QED) is 0.460. The standard InChI is InChI=1S/C18H35NO5/c1-4-15-10-11-16(8-7-12-20)19(18(21)23-3)17(15)9-5-6-13-24-14-22-2/h15-17,20H,4-14H2,1-3H3/t15-,16+,17-/m1/s1. The molecule has 6 heteroatoms. The zero-order valence-corrected chi connectivity index (χ0v) is 15.5. The van der Waals surface area contributed by atoms with E-state index < -0.39 is 0 Å². The summed E-state index contributed by atoms with van der Waals surface area (Å²) in [5.41, 5.74) is 0. The van der Waals surface area contributed by atoms with Crippen molar-refractivity contribution in [1.82, 2.24) is 4.90 Å². The summed E-state index contributed by atoms with van der Waals surface area (Å²) in [5, 5.41) is 9.13. The average Bonchev–Trinajstić information content (AvgIpc) is 2.61. The fourth-order valence-corrected chi connectivity index (χ4v) is 3.79. The highest BCUT2D eigenvalue weighted by Gasteiger charge is 2.39. The molecule has 0 unspecified atom stereocenters. The van der Waals surface area contributed by atoms with Crippen molar-refractivity contribution in [2.75, 3.05) is 34.2 Å². The molecule has 0 aromatic heterocycles. The van der Waals surface area contributed by atoms with E-state index in [0.29, 0.717) is 19.3 Å². The molecule has 0 saturated carbocycles. The van der Waals surface area contributed by atoms with E-state index in [2.05, 4.69) is 6.92 Å². The van der Waals surface area contributed by atoms with Crippen LogP contribution in [0.15, 0.2) is 0 Å². The number of carbonyl (C=O) groups excluding carboxylic acids is 1. The van der Waals surface area contributed by atoms with Crippen LogP contribution < -0.4 is 0 Å². The molecule has 0 aromatic rings. The highest BCUT2D eigenvalue weighted by Crippen LogP contribution is 2.35. The highest BCUT2D eigenvalue weighted by molar-refractivity contribution is 5.68. The fraction of sp³-hybridized carbons (Fsp3) is 0.944. The Morgan fingerprint density at radius 1 is 1.17 bits per heavy atom. The molecule has 3 atom stereocenters. The maximum Gasteiger partial charge on any atom is 0.409 e. The van der Waals surface area contributed by atoms with Gasteiger partial charge < -0.3 is 24.2 Å². The predicted molar refractivity (Wildman–Crippen MR) is 92.8 cm³/mol. The summed E-state index contributed by atoms with van der Waals surface area (Å²) in [7, 11) is 3.07. The third-order valence-electron chi connectivity index (χ3n) is 5.01. The van der Waals surface area contributed by atoms with Gasteiger partial charge in [0.15, 0.2) is 0 Å². The number of rotatable bonds is 11. The maximum atomic E-state index is 12.4. The minimum Gasteiger partial charge on any atom is -0.453 e. The smallest absolute Gasteiger partial charge is 0.409 e. The van der Waals surface area contributed by atoms with Crippen molar-refractivity contribution in [2.24, 2.45) is 5.92 Å². The van der Waals surface area contributed by atoms with Gasteiger partial charge in [0, 0.05) is 32.4 Å². The zero-order chi connectivity index (χ0) is 17.8. The van der Waals surface area contributed by atoms with Crippen molar-refractivity contribution in [3.63, 3.8) is 0 Å². The van der Waals surface area contributed by atoms with Crippen molar-refractivity contribution in [1.29, 1.82) is 0 Å². The van der Waals surface area contributed by atoms with Gasteiger partial charge in [0.1, 0.15) is 6.79 Å². The first-order valence-electron chi connectivity index (χ1n) is 9.23. The normalized spacial score (nSPS) is 24.2. The van der Waals surface area contributed by atoms with Crippen LogP contribution in [0.2, 0.25) is 0 Å². The molecule has 1 aliphatic heterocycles. The van der Waals surface area contributed by atoms with E-state index >= 15 is 0 Å². The minimum atomic E-state index is -0.225. The van der Waals surface area contributed by atoms with Crippen molar-refractivity contribution in [3.05, 3.63) is 0 Å². The third-order valence-corrected chi connectivity index (χ3v) is 5.01. The Morgan fingerprint density at radius 3 is 2.58 bits per heavy atom. The number of ether oxygens (including phenoxy) is 3. The number of nitrogens with zero attached hydrogens (tertiary/aromatic N) is 1. The van der Waals surface area contributed by atoms with Crippen LogP contribution in [0.3, 0.4) is 0 Å². The van der Waals surface area contributed by atoms with Gasteiger partial charge in [-0.3, -0.25) is 0 Å². The lowest BCUT2D eigenvalue weighted by Crippen LogP contribution is -2.53. The van der Waals surface area contributed by atoms with Gasteiger partial charge in [-0.05, 0) is 50.9 Å². The van der Waals surface area contributed by atoms with E-state index in [0.717, 1.165) is 51.4 Å². The second-order valence-corrected chi connectivity index (χ2v) is 6.52. The average molecular weight is 345 g/mol. The number of piperidine rings is 1. The Kier molecular flexibility index (Phi) is 11.0. The number of aliphatic hydroxyl groups excluding tert-OH is 1. The highest BCUT2D eigenvalue weighted by atomic mass is 16.7. The molecule has 142 valence electrons. The van der Waals surface area contributed by atoms with Crippen LogP contribution in [-0.4, -0.2) is 62.4 Å². The second kappa shape index (κ2) is 12.5. The van der Waals surface area contributed by atoms with Crippen LogP contribution in [-0.2, 0) is 14.2 Å². The van der Waals surface area contributed by atoms with Gasteiger partial charge in [0.25, 0.3) is 0 Å². The number of amides is 1. The molecule has 24 heavy (non-hydrogen) atoms. The van der Waals surface area contributed by atoms with Gasteiger partial charge in [-0.2, -0.15) is 0 Å². The monoisotopic (exact) mass is 345 g/mol. The van der Waals surface area contributed by atoms with Gasteiger partial charge in [-0.15, -0.1) is 0 Å². The molecule has 1 N–H and O–H groups in total. The molecule has 6 nitrogen and oxygen atoms in total. The summed E-state index contributed by atoms with van der Waals surface area (Å²) < 4.78 is 15.3. The van der Waals surface area contributed by atoms with Gasteiger partial charge >= 0.3 is 6.09 Å². The predicted octanol–water partition coefficient (Wildman–Crippen LogP) is 3.18. The Bertz CT molecular complexity index is 339. The molecule has 0 spiro atoms. The molecule has 0 aromatic carbocycles. The molecule has 1 heterocycles. The van der Waals surface area contributed by atoms with E-state index in [1.165, 1.54) is 7.11 Å². The molecular weight excluding hydrogens is 310 g/mol. The zero-order valence-electron chi connectivity index (χ0n) is 15.5. The molecule has 0 radical (unpaired) electrons. The van der Waals surface area contributed by atoms with Crippen LogP contribution in [0.4, 0.5) is 4.79 Å². The van der Waals surface area contributed by atoms with E-state index in [4.69, 9.17) is 19.3 Å². The summed E-state index contributed by atoms with van der Waals surface area (Å²) in [5.74, 6) is 0.523. The third kappa shape index (κ3) is 6.57. The summed E-state index contributed by atoms with van der Waals surface area (Å²) in [4.78, 5) is 14.3. The Balaban J connectivity index is 2.65. The van der Waals surface area contributed by atoms with E-state index in [9.17, 15) is 4.79 Å². The molecule has 1 rings (SSSR count). The Hall–Kier alpha value is -0.850. The van der Waals surface area contributed by atoms with Crippen molar-refractivity contribution < 1.29 is 24.1 Å². The van der Waals surface area contributed by atoms with Crippen molar-refractivity contribution in [2.45, 2.75) is 70.4 Å². The van der Waals surface area contributed by atoms with Gasteiger partial charge in [-0.25, -0.2) is 4.79 Å². The number of methoxy groups -OCH3 is 2. The van der Waals surface area contributed by atoms with Crippen LogP contribution >= 0.6 is 0 Å². The lowest BCUT2D eigenvalue weighted by molar-refractivity contribution is -0.0326. The molecule has 1 saturated heterocycles. The van der Waals surface area contributed by atoms with Crippen LogP contribution in [0.1, 0.15) is 58.3 Å². The van der Waals surface area contributed by atoms with E-state index in [1.807, 2.05) is 4.90 Å². The summed E-state index contributed by atoms with van der Waals surface area (Å²) in [6, 6.07) is 0.407. The molecule has 1 aliphatic rings. The first kappa shape index (κ1) is 21.2. The van der Waals surface area contributed by atoms with Gasteiger partial charge in [0.05, 0.1) is 7.11 Å². The SMILES string of the molecule is CC[C@@H]1CC[C@H](CCCO)N(C(=O)OC)[C@@H]1CCCCOCOC. The summed E-state index contributed by atoms with van der Waals surface area (Å²) >= 11 is 0. The lowest BCUT2D eigenvalue weighted by Gasteiger charge is -2.46.